The molecule has 3 aromatic heterocycles. The van der Waals surface area contributed by atoms with Crippen LogP contribution >= 0.6 is 0 Å². The van der Waals surface area contributed by atoms with Crippen LogP contribution in [0, 0.1) is 0 Å². The number of amides is 1. The fourth-order valence-electron chi connectivity index (χ4n) is 4.40. The van der Waals surface area contributed by atoms with Gasteiger partial charge in [0.2, 0.25) is 5.88 Å². The molecule has 0 radical (unpaired) electrons. The number of benzene rings is 1. The second-order valence-electron chi connectivity index (χ2n) is 9.73. The van der Waals surface area contributed by atoms with Crippen molar-refractivity contribution in [3.8, 4) is 17.1 Å². The predicted molar refractivity (Wildman–Crippen MR) is 141 cm³/mol. The smallest absolute Gasteiger partial charge is 0.324 e. The van der Waals surface area contributed by atoms with Crippen LogP contribution in [-0.4, -0.2) is 67.9 Å². The first-order valence-corrected chi connectivity index (χ1v) is 14.3. The van der Waals surface area contributed by atoms with Gasteiger partial charge in [-0.15, -0.1) is 0 Å². The zero-order valence-electron chi connectivity index (χ0n) is 22.5. The molecule has 0 bridgehead atoms. The van der Waals surface area contributed by atoms with Gasteiger partial charge < -0.3 is 14.2 Å². The van der Waals surface area contributed by atoms with Gasteiger partial charge in [0.05, 0.1) is 4.90 Å². The molecule has 40 heavy (non-hydrogen) atoms. The van der Waals surface area contributed by atoms with Gasteiger partial charge >= 0.3 is 6.01 Å². The summed E-state index contributed by atoms with van der Waals surface area (Å²) in [5, 5.41) is 8.60. The molecule has 0 atom stereocenters. The quantitative estimate of drug-likeness (QED) is 0.286. The fourth-order valence-corrected chi connectivity index (χ4v) is 5.47. The van der Waals surface area contributed by atoms with Crippen molar-refractivity contribution in [1.29, 1.82) is 0 Å². The number of halogens is 1. The molecule has 15 heteroatoms. The monoisotopic (exact) mass is 572 g/mol. The van der Waals surface area contributed by atoms with E-state index in [1.54, 1.807) is 11.7 Å². The lowest BCUT2D eigenvalue weighted by atomic mass is 10.1. The SMILES string of the molecule is CCC(=O)N(F)S(=O)(=O)c1ccc(-c2nn(C)c3c(OC4CCN(c5nc(C(C)C)no5)CC4)ncnc23)cc1. The maximum Gasteiger partial charge on any atom is 0.324 e. The van der Waals surface area contributed by atoms with Crippen molar-refractivity contribution in [2.75, 3.05) is 18.0 Å². The number of carbonyl (C=O) groups is 1. The normalized spacial score (nSPS) is 14.7. The summed E-state index contributed by atoms with van der Waals surface area (Å²) < 4.78 is 51.5. The van der Waals surface area contributed by atoms with Crippen LogP contribution in [0.3, 0.4) is 0 Å². The average Bonchev–Trinajstić information content (AvgIpc) is 3.59. The predicted octanol–water partition coefficient (Wildman–Crippen LogP) is 3.40. The molecule has 1 aliphatic rings. The second kappa shape index (κ2) is 10.8. The first-order chi connectivity index (χ1) is 19.1. The molecule has 0 saturated carbocycles. The van der Waals surface area contributed by atoms with Crippen molar-refractivity contribution in [2.24, 2.45) is 7.05 Å². The molecule has 0 spiro atoms. The summed E-state index contributed by atoms with van der Waals surface area (Å²) in [6, 6.07) is 5.93. The van der Waals surface area contributed by atoms with E-state index in [1.807, 2.05) is 18.7 Å². The number of anilines is 1. The van der Waals surface area contributed by atoms with E-state index in [9.17, 15) is 17.7 Å². The molecule has 1 aliphatic heterocycles. The van der Waals surface area contributed by atoms with Gasteiger partial charge in [0, 0.05) is 50.9 Å². The second-order valence-corrected chi connectivity index (χ2v) is 11.5. The molecule has 1 amide bonds. The molecular weight excluding hydrogens is 543 g/mol. The van der Waals surface area contributed by atoms with E-state index in [4.69, 9.17) is 9.26 Å². The van der Waals surface area contributed by atoms with Crippen molar-refractivity contribution in [1.82, 2.24) is 34.4 Å². The van der Waals surface area contributed by atoms with Crippen molar-refractivity contribution < 1.29 is 27.0 Å². The van der Waals surface area contributed by atoms with Gasteiger partial charge in [0.15, 0.2) is 5.82 Å². The third kappa shape index (κ3) is 5.08. The number of nitrogens with zero attached hydrogens (tertiary/aromatic N) is 8. The number of carbonyl (C=O) groups excluding carboxylic acids is 1. The molecule has 1 fully saturated rings. The number of aryl methyl sites for hydroxylation is 1. The summed E-state index contributed by atoms with van der Waals surface area (Å²) in [5.74, 6) is 0.0980. The molecule has 5 rings (SSSR count). The van der Waals surface area contributed by atoms with Gasteiger partial charge in [0.1, 0.15) is 29.2 Å². The van der Waals surface area contributed by atoms with E-state index < -0.39 is 20.5 Å². The third-order valence-electron chi connectivity index (χ3n) is 6.66. The number of ether oxygens (including phenoxy) is 1. The van der Waals surface area contributed by atoms with Gasteiger partial charge in [-0.05, 0) is 12.1 Å². The summed E-state index contributed by atoms with van der Waals surface area (Å²) >= 11 is 0. The molecule has 13 nitrogen and oxygen atoms in total. The topological polar surface area (TPSA) is 149 Å². The Balaban J connectivity index is 1.33. The summed E-state index contributed by atoms with van der Waals surface area (Å²) in [6.45, 7) is 6.77. The van der Waals surface area contributed by atoms with Crippen LogP contribution in [0.25, 0.3) is 22.3 Å². The van der Waals surface area contributed by atoms with E-state index in [1.165, 1.54) is 37.5 Å². The maximum absolute atomic E-state index is 14.1. The first-order valence-electron chi connectivity index (χ1n) is 12.9. The van der Waals surface area contributed by atoms with Crippen molar-refractivity contribution in [3.05, 3.63) is 36.4 Å². The lowest BCUT2D eigenvalue weighted by molar-refractivity contribution is -0.135. The van der Waals surface area contributed by atoms with E-state index in [-0.39, 0.29) is 23.3 Å². The Morgan fingerprint density at radius 1 is 1.20 bits per heavy atom. The molecule has 0 N–H and O–H groups in total. The van der Waals surface area contributed by atoms with E-state index >= 15 is 0 Å². The van der Waals surface area contributed by atoms with E-state index in [0.29, 0.717) is 53.1 Å². The lowest BCUT2D eigenvalue weighted by Gasteiger charge is -2.30. The van der Waals surface area contributed by atoms with Crippen LogP contribution in [0.4, 0.5) is 10.5 Å². The van der Waals surface area contributed by atoms with Gasteiger partial charge in [-0.25, -0.2) is 4.98 Å². The highest BCUT2D eigenvalue weighted by Crippen LogP contribution is 2.32. The largest absolute Gasteiger partial charge is 0.473 e. The minimum Gasteiger partial charge on any atom is -0.473 e. The van der Waals surface area contributed by atoms with Crippen LogP contribution in [0.15, 0.2) is 40.0 Å². The number of aromatic nitrogens is 6. The molecule has 1 aromatic carbocycles. The highest BCUT2D eigenvalue weighted by molar-refractivity contribution is 7.89. The Labute approximate surface area is 229 Å². The highest BCUT2D eigenvalue weighted by atomic mass is 32.2. The van der Waals surface area contributed by atoms with Gasteiger partial charge in [-0.2, -0.15) is 23.5 Å². The Morgan fingerprint density at radius 3 is 2.52 bits per heavy atom. The number of rotatable bonds is 8. The van der Waals surface area contributed by atoms with Crippen LogP contribution in [0.5, 0.6) is 5.88 Å². The average molecular weight is 573 g/mol. The zero-order chi connectivity index (χ0) is 28.6. The van der Waals surface area contributed by atoms with Crippen molar-refractivity contribution in [3.63, 3.8) is 0 Å². The number of hydrogen-bond donors (Lipinski definition) is 0. The lowest BCUT2D eigenvalue weighted by Crippen LogP contribution is -2.38. The number of hydrogen-bond acceptors (Lipinski definition) is 11. The van der Waals surface area contributed by atoms with E-state index in [2.05, 4.69) is 25.2 Å². The molecule has 0 unspecified atom stereocenters. The summed E-state index contributed by atoms with van der Waals surface area (Å²) in [6.07, 6.45) is 2.45. The maximum atomic E-state index is 14.1. The molecule has 4 aromatic rings. The summed E-state index contributed by atoms with van der Waals surface area (Å²) in [5.41, 5.74) is 2.12. The minimum atomic E-state index is -4.61. The Kier molecular flexibility index (Phi) is 7.40. The molecule has 4 heterocycles. The highest BCUT2D eigenvalue weighted by Gasteiger charge is 2.30. The Morgan fingerprint density at radius 2 is 1.90 bits per heavy atom. The standard InChI is InChI=1S/C25H29FN8O5S/c1-5-19(35)34(26)40(36,37)18-8-6-16(7-9-18)20-21-22(32(4)30-20)24(28-14-27-21)38-17-10-12-33(13-11-17)25-29-23(15(2)3)31-39-25/h6-9,14-15,17H,5,10-13H2,1-4H3. The Bertz CT molecular complexity index is 1630. The Hall–Kier alpha value is -4.14. The fraction of sp³-hybridized carbons (Fsp3) is 0.440. The first kappa shape index (κ1) is 27.4. The third-order valence-corrected chi connectivity index (χ3v) is 8.15. The molecule has 212 valence electrons. The summed E-state index contributed by atoms with van der Waals surface area (Å²) in [4.78, 5) is 26.5. The van der Waals surface area contributed by atoms with Crippen molar-refractivity contribution >= 4 is 33.0 Å². The van der Waals surface area contributed by atoms with Gasteiger partial charge in [0.25, 0.3) is 15.9 Å². The van der Waals surface area contributed by atoms with Crippen LogP contribution in [-0.2, 0) is 21.9 Å². The van der Waals surface area contributed by atoms with E-state index in [0.717, 1.165) is 12.8 Å². The minimum absolute atomic E-state index is 0.0980. The summed E-state index contributed by atoms with van der Waals surface area (Å²) in [7, 11) is -2.87. The van der Waals surface area contributed by atoms with Crippen LogP contribution < -0.4 is 9.64 Å². The van der Waals surface area contributed by atoms with Crippen LogP contribution in [0.1, 0.15) is 51.8 Å². The number of sulfonamides is 1. The van der Waals surface area contributed by atoms with Gasteiger partial charge in [-0.1, -0.05) is 47.1 Å². The number of fused-ring (bicyclic) bond motifs is 1. The van der Waals surface area contributed by atoms with Crippen molar-refractivity contribution in [2.45, 2.75) is 57.0 Å². The molecule has 1 saturated heterocycles. The number of piperidine rings is 1. The zero-order valence-corrected chi connectivity index (χ0v) is 23.3. The molecular formula is C25H29FN8O5S. The van der Waals surface area contributed by atoms with Gasteiger partial charge in [-0.3, -0.25) is 9.48 Å². The molecule has 0 aliphatic carbocycles. The van der Waals surface area contributed by atoms with Crippen LogP contribution in [0.2, 0.25) is 0 Å².